The Balaban J connectivity index is 2.15. The van der Waals surface area contributed by atoms with Gasteiger partial charge in [-0.3, -0.25) is 0 Å². The Morgan fingerprint density at radius 1 is 1.26 bits per heavy atom. The van der Waals surface area contributed by atoms with E-state index in [1.165, 1.54) is 23.1 Å². The Morgan fingerprint density at radius 3 is 2.59 bits per heavy atom. The van der Waals surface area contributed by atoms with Gasteiger partial charge in [0.05, 0.1) is 18.5 Å². The number of nitrogens with zero attached hydrogens (tertiary/aromatic N) is 4. The molecule has 0 bridgehead atoms. The van der Waals surface area contributed by atoms with E-state index in [0.29, 0.717) is 11.1 Å². The Hall–Kier alpha value is -2.98. The van der Waals surface area contributed by atoms with Crippen LogP contribution in [0.4, 0.5) is 19.0 Å². The van der Waals surface area contributed by atoms with Crippen molar-refractivity contribution in [1.82, 2.24) is 19.7 Å². The number of aliphatic hydroxyl groups is 2. The van der Waals surface area contributed by atoms with Crippen molar-refractivity contribution in [3.63, 3.8) is 0 Å². The molecule has 0 unspecified atom stereocenters. The maximum Gasteiger partial charge on any atom is 0.423 e. The molecular formula is C17H16F3N5O2. The fourth-order valence-corrected chi connectivity index (χ4v) is 2.58. The Morgan fingerprint density at radius 2 is 2.00 bits per heavy atom. The molecule has 0 aliphatic rings. The molecule has 0 radical (unpaired) electrons. The van der Waals surface area contributed by atoms with Crippen molar-refractivity contribution in [2.75, 3.05) is 12.3 Å². The molecule has 0 spiro atoms. The Bertz CT molecular complexity index is 960. The van der Waals surface area contributed by atoms with E-state index >= 15 is 0 Å². The van der Waals surface area contributed by atoms with Gasteiger partial charge in [0.15, 0.2) is 11.6 Å². The number of hydrogen-bond acceptors (Lipinski definition) is 6. The van der Waals surface area contributed by atoms with Crippen LogP contribution in [0.25, 0.3) is 17.1 Å². The zero-order chi connectivity index (χ0) is 19.8. The highest BCUT2D eigenvalue weighted by Gasteiger charge is 2.54. The third-order valence-electron chi connectivity index (χ3n) is 4.19. The minimum absolute atomic E-state index is 0.0958. The molecule has 2 aromatic heterocycles. The molecule has 10 heteroatoms. The summed E-state index contributed by atoms with van der Waals surface area (Å²) in [5.41, 5.74) is 3.09. The first-order chi connectivity index (χ1) is 12.7. The predicted octanol–water partition coefficient (Wildman–Crippen LogP) is 1.96. The molecule has 2 heterocycles. The summed E-state index contributed by atoms with van der Waals surface area (Å²) in [7, 11) is 0. The summed E-state index contributed by atoms with van der Waals surface area (Å²) >= 11 is 0. The van der Waals surface area contributed by atoms with E-state index in [4.69, 9.17) is 5.73 Å². The van der Waals surface area contributed by atoms with E-state index in [1.807, 2.05) is 0 Å². The van der Waals surface area contributed by atoms with Crippen LogP contribution in [0.2, 0.25) is 0 Å². The quantitative estimate of drug-likeness (QED) is 0.639. The molecule has 0 saturated heterocycles. The lowest BCUT2D eigenvalue weighted by Gasteiger charge is -2.29. The molecule has 1 atom stereocenters. The molecule has 3 rings (SSSR count). The highest BCUT2D eigenvalue weighted by molar-refractivity contribution is 5.66. The monoisotopic (exact) mass is 379 g/mol. The number of nitrogens with two attached hydrogens (primary N) is 1. The van der Waals surface area contributed by atoms with Gasteiger partial charge in [-0.05, 0) is 30.2 Å². The van der Waals surface area contributed by atoms with Gasteiger partial charge in [0.2, 0.25) is 5.60 Å². The standard InChI is InChI=1S/C17H16F3N5O2/c1-10-3-4-11(16(27,9-26)17(18,19)20)7-12(10)13-8-22-14(21)15(24-13)25-6-2-5-23-25/h2-8,26-27H,9H2,1H3,(H2,21,22)/t16-/m1/s1. The van der Waals surface area contributed by atoms with Gasteiger partial charge in [-0.25, -0.2) is 14.6 Å². The predicted molar refractivity (Wildman–Crippen MR) is 90.8 cm³/mol. The summed E-state index contributed by atoms with van der Waals surface area (Å²) in [6.07, 6.45) is -0.618. The summed E-state index contributed by atoms with van der Waals surface area (Å²) in [4.78, 5) is 8.38. The SMILES string of the molecule is Cc1ccc([C@](O)(CO)C(F)(F)F)cc1-c1cnc(N)c(-n2cccn2)n1. The molecule has 0 amide bonds. The van der Waals surface area contributed by atoms with Crippen LogP contribution in [0.3, 0.4) is 0 Å². The number of rotatable bonds is 4. The normalized spacial score (nSPS) is 14.1. The molecule has 4 N–H and O–H groups in total. The molecule has 7 nitrogen and oxygen atoms in total. The number of aliphatic hydroxyl groups excluding tert-OH is 1. The fraction of sp³-hybridized carbons (Fsp3) is 0.235. The van der Waals surface area contributed by atoms with Gasteiger partial charge in [-0.15, -0.1) is 0 Å². The molecule has 0 saturated carbocycles. The second-order valence-electron chi connectivity index (χ2n) is 5.96. The van der Waals surface area contributed by atoms with Crippen LogP contribution in [0, 0.1) is 6.92 Å². The zero-order valence-electron chi connectivity index (χ0n) is 14.1. The van der Waals surface area contributed by atoms with Crippen molar-refractivity contribution < 1.29 is 23.4 Å². The van der Waals surface area contributed by atoms with Crippen LogP contribution in [-0.4, -0.2) is 42.7 Å². The average molecular weight is 379 g/mol. The first kappa shape index (κ1) is 18.8. The zero-order valence-corrected chi connectivity index (χ0v) is 14.1. The maximum absolute atomic E-state index is 13.3. The van der Waals surface area contributed by atoms with E-state index in [9.17, 15) is 23.4 Å². The number of benzene rings is 1. The summed E-state index contributed by atoms with van der Waals surface area (Å²) in [6.45, 7) is 0.168. The number of alkyl halides is 3. The first-order valence-electron chi connectivity index (χ1n) is 7.81. The Kier molecular flexibility index (Phi) is 4.62. The van der Waals surface area contributed by atoms with E-state index in [0.717, 1.165) is 12.1 Å². The molecule has 0 aliphatic heterocycles. The minimum Gasteiger partial charge on any atom is -0.393 e. The molecular weight excluding hydrogens is 363 g/mol. The summed E-state index contributed by atoms with van der Waals surface area (Å²) in [6, 6.07) is 5.31. The van der Waals surface area contributed by atoms with Crippen LogP contribution in [-0.2, 0) is 5.60 Å². The summed E-state index contributed by atoms with van der Waals surface area (Å²) < 4.78 is 41.2. The topological polar surface area (TPSA) is 110 Å². The fourth-order valence-electron chi connectivity index (χ4n) is 2.58. The largest absolute Gasteiger partial charge is 0.423 e. The third-order valence-corrected chi connectivity index (χ3v) is 4.19. The second-order valence-corrected chi connectivity index (χ2v) is 5.96. The van der Waals surface area contributed by atoms with Gasteiger partial charge < -0.3 is 15.9 Å². The minimum atomic E-state index is -5.05. The second kappa shape index (κ2) is 6.63. The maximum atomic E-state index is 13.3. The smallest absolute Gasteiger partial charge is 0.393 e. The molecule has 0 fully saturated rings. The lowest BCUT2D eigenvalue weighted by molar-refractivity contribution is -0.277. The van der Waals surface area contributed by atoms with E-state index < -0.39 is 23.9 Å². The van der Waals surface area contributed by atoms with Gasteiger partial charge in [0.1, 0.15) is 0 Å². The lowest BCUT2D eigenvalue weighted by Crippen LogP contribution is -2.45. The molecule has 142 valence electrons. The van der Waals surface area contributed by atoms with Gasteiger partial charge in [-0.1, -0.05) is 12.1 Å². The molecule has 0 aliphatic carbocycles. The number of aromatic nitrogens is 4. The highest BCUT2D eigenvalue weighted by Crippen LogP contribution is 2.40. The third kappa shape index (κ3) is 3.24. The van der Waals surface area contributed by atoms with Gasteiger partial charge >= 0.3 is 6.18 Å². The van der Waals surface area contributed by atoms with Gasteiger partial charge in [-0.2, -0.15) is 18.3 Å². The highest BCUT2D eigenvalue weighted by atomic mass is 19.4. The molecule has 27 heavy (non-hydrogen) atoms. The first-order valence-corrected chi connectivity index (χ1v) is 7.81. The van der Waals surface area contributed by atoms with Crippen molar-refractivity contribution in [3.8, 4) is 17.1 Å². The number of aryl methyl sites for hydroxylation is 1. The van der Waals surface area contributed by atoms with Crippen molar-refractivity contribution in [1.29, 1.82) is 0 Å². The van der Waals surface area contributed by atoms with Crippen LogP contribution in [0.15, 0.2) is 42.9 Å². The van der Waals surface area contributed by atoms with E-state index in [-0.39, 0.29) is 17.3 Å². The van der Waals surface area contributed by atoms with Crippen LogP contribution in [0.5, 0.6) is 0 Å². The summed E-state index contributed by atoms with van der Waals surface area (Å²) in [5.74, 6) is 0.314. The van der Waals surface area contributed by atoms with Crippen molar-refractivity contribution in [3.05, 3.63) is 54.0 Å². The lowest BCUT2D eigenvalue weighted by atomic mass is 9.90. The van der Waals surface area contributed by atoms with Crippen molar-refractivity contribution >= 4 is 5.82 Å². The van der Waals surface area contributed by atoms with Crippen LogP contribution >= 0.6 is 0 Å². The van der Waals surface area contributed by atoms with Crippen LogP contribution < -0.4 is 5.73 Å². The number of hydrogen-bond donors (Lipinski definition) is 3. The number of anilines is 1. The van der Waals surface area contributed by atoms with E-state index in [2.05, 4.69) is 15.1 Å². The van der Waals surface area contributed by atoms with E-state index in [1.54, 1.807) is 19.2 Å². The number of halogens is 3. The van der Waals surface area contributed by atoms with Crippen molar-refractivity contribution in [2.45, 2.75) is 18.7 Å². The van der Waals surface area contributed by atoms with Gasteiger partial charge in [0.25, 0.3) is 0 Å². The average Bonchev–Trinajstić information content (AvgIpc) is 3.15. The Labute approximate surface area is 151 Å². The number of nitrogen functional groups attached to an aromatic ring is 1. The van der Waals surface area contributed by atoms with Crippen LogP contribution in [0.1, 0.15) is 11.1 Å². The van der Waals surface area contributed by atoms with Crippen molar-refractivity contribution in [2.24, 2.45) is 0 Å². The molecule has 1 aromatic carbocycles. The van der Waals surface area contributed by atoms with Gasteiger partial charge in [0, 0.05) is 18.0 Å². The molecule has 3 aromatic rings. The summed E-state index contributed by atoms with van der Waals surface area (Å²) in [5, 5.41) is 23.2.